The summed E-state index contributed by atoms with van der Waals surface area (Å²) >= 11 is 6.33. The van der Waals surface area contributed by atoms with Crippen molar-refractivity contribution < 1.29 is 4.12 Å². The summed E-state index contributed by atoms with van der Waals surface area (Å²) in [7, 11) is -4.19. The molecule has 0 fully saturated rings. The molecule has 0 atom stereocenters. The molecule has 86 valence electrons. The van der Waals surface area contributed by atoms with E-state index in [4.69, 9.17) is 15.2 Å². The molecule has 0 aliphatic rings. The third-order valence-corrected chi connectivity index (χ3v) is 10.5. The average molecular weight is 269 g/mol. The van der Waals surface area contributed by atoms with Crippen LogP contribution in [-0.4, -0.2) is 24.0 Å². The first-order chi connectivity index (χ1) is 5.91. The molecule has 0 bridgehead atoms. The minimum Gasteiger partial charge on any atom is -0.456 e. The van der Waals surface area contributed by atoms with E-state index in [1.54, 1.807) is 0 Å². The largest absolute Gasteiger partial charge is 0.456 e. The third kappa shape index (κ3) is 9.46. The summed E-state index contributed by atoms with van der Waals surface area (Å²) in [5, 5.41) is 0. The molecule has 0 radical (unpaired) electrons. The van der Waals surface area contributed by atoms with Crippen LogP contribution in [0.5, 0.6) is 0 Å². The van der Waals surface area contributed by atoms with Gasteiger partial charge in [-0.15, -0.1) is 0 Å². The molecular formula is C9H25ClOSi3. The second-order valence-electron chi connectivity index (χ2n) is 6.19. The molecule has 0 unspecified atom stereocenters. The summed E-state index contributed by atoms with van der Waals surface area (Å²) in [6.07, 6.45) is 0. The Morgan fingerprint density at radius 3 is 1.57 bits per heavy atom. The Labute approximate surface area is 97.2 Å². The average Bonchev–Trinajstić information content (AvgIpc) is 1.76. The highest BCUT2D eigenvalue weighted by molar-refractivity contribution is 7.19. The summed E-state index contributed by atoms with van der Waals surface area (Å²) in [5.74, 6) is 0. The highest BCUT2D eigenvalue weighted by atomic mass is 35.6. The minimum atomic E-state index is -1.44. The second kappa shape index (κ2) is 4.82. The van der Waals surface area contributed by atoms with Gasteiger partial charge in [-0.3, -0.25) is 0 Å². The molecular weight excluding hydrogens is 244 g/mol. The van der Waals surface area contributed by atoms with E-state index >= 15 is 0 Å². The van der Waals surface area contributed by atoms with Gasteiger partial charge in [-0.1, -0.05) is 13.1 Å². The van der Waals surface area contributed by atoms with Crippen LogP contribution in [0.3, 0.4) is 0 Å². The molecule has 0 saturated carbocycles. The summed E-state index contributed by atoms with van der Waals surface area (Å²) in [4.78, 5) is 0. The minimum absolute atomic E-state index is 1.19. The predicted molar refractivity (Wildman–Crippen MR) is 74.9 cm³/mol. The molecule has 0 rings (SSSR count). The molecule has 0 heterocycles. The SMILES string of the molecule is C[Si](C)(Cl)CC[Si](C)(C)O[Si](C)(C)C. The lowest BCUT2D eigenvalue weighted by atomic mass is 10.9. The van der Waals surface area contributed by atoms with Crippen molar-refractivity contribution in [3.05, 3.63) is 0 Å². The number of hydrogen-bond acceptors (Lipinski definition) is 1. The molecule has 0 aromatic heterocycles. The molecule has 1 nitrogen and oxygen atoms in total. The highest BCUT2D eigenvalue weighted by Gasteiger charge is 2.31. The monoisotopic (exact) mass is 268 g/mol. The topological polar surface area (TPSA) is 9.23 Å². The molecule has 0 aliphatic carbocycles. The van der Waals surface area contributed by atoms with Gasteiger partial charge >= 0.3 is 0 Å². The van der Waals surface area contributed by atoms with E-state index in [9.17, 15) is 0 Å². The van der Waals surface area contributed by atoms with E-state index in [0.717, 1.165) is 0 Å². The van der Waals surface area contributed by atoms with Gasteiger partial charge in [0.1, 0.15) is 7.38 Å². The third-order valence-electron chi connectivity index (χ3n) is 1.90. The molecule has 14 heavy (non-hydrogen) atoms. The van der Waals surface area contributed by atoms with Crippen LogP contribution in [0.4, 0.5) is 0 Å². The predicted octanol–water partition coefficient (Wildman–Crippen LogP) is 4.49. The Bertz CT molecular complexity index is 181. The zero-order valence-corrected chi connectivity index (χ0v) is 14.5. The van der Waals surface area contributed by atoms with Gasteiger partial charge in [0.2, 0.25) is 0 Å². The quantitative estimate of drug-likeness (QED) is 0.528. The maximum atomic E-state index is 6.33. The Morgan fingerprint density at radius 2 is 1.29 bits per heavy atom. The molecule has 0 saturated heterocycles. The molecule has 0 aromatic carbocycles. The van der Waals surface area contributed by atoms with E-state index in [-0.39, 0.29) is 0 Å². The maximum Gasteiger partial charge on any atom is 0.173 e. The Balaban J connectivity index is 4.09. The fourth-order valence-corrected chi connectivity index (χ4v) is 14.2. The lowest BCUT2D eigenvalue weighted by Crippen LogP contribution is -2.43. The van der Waals surface area contributed by atoms with Gasteiger partial charge in [0.25, 0.3) is 0 Å². The van der Waals surface area contributed by atoms with Gasteiger partial charge < -0.3 is 4.12 Å². The van der Waals surface area contributed by atoms with Crippen LogP contribution in [-0.2, 0) is 4.12 Å². The first-order valence-corrected chi connectivity index (χ1v) is 16.0. The number of halogens is 1. The van der Waals surface area contributed by atoms with Gasteiger partial charge in [-0.2, -0.15) is 11.1 Å². The van der Waals surface area contributed by atoms with Gasteiger partial charge in [-0.05, 0) is 44.8 Å². The van der Waals surface area contributed by atoms with Crippen LogP contribution in [0.1, 0.15) is 0 Å². The van der Waals surface area contributed by atoms with Crippen molar-refractivity contribution in [2.45, 2.75) is 57.9 Å². The fraction of sp³-hybridized carbons (Fsp3) is 1.00. The number of rotatable bonds is 5. The van der Waals surface area contributed by atoms with E-state index in [0.29, 0.717) is 0 Å². The Kier molecular flexibility index (Phi) is 5.13. The molecule has 0 amide bonds. The first kappa shape index (κ1) is 14.9. The zero-order valence-electron chi connectivity index (χ0n) is 10.7. The van der Waals surface area contributed by atoms with Crippen molar-refractivity contribution in [1.29, 1.82) is 0 Å². The van der Waals surface area contributed by atoms with Gasteiger partial charge in [-0.25, -0.2) is 0 Å². The fourth-order valence-electron chi connectivity index (χ4n) is 1.48. The lowest BCUT2D eigenvalue weighted by Gasteiger charge is -2.32. The van der Waals surface area contributed by atoms with Gasteiger partial charge in [0, 0.05) is 0 Å². The normalized spacial score (nSPS) is 14.6. The van der Waals surface area contributed by atoms with E-state index in [1.807, 2.05) is 0 Å². The smallest absolute Gasteiger partial charge is 0.173 e. The molecule has 5 heteroatoms. The van der Waals surface area contributed by atoms with Crippen molar-refractivity contribution >= 4 is 35.1 Å². The van der Waals surface area contributed by atoms with Crippen LogP contribution >= 0.6 is 11.1 Å². The Morgan fingerprint density at radius 1 is 0.857 bits per heavy atom. The molecule has 0 N–H and O–H groups in total. The standard InChI is InChI=1S/C9H25ClOSi3/c1-12(2,3)11-14(6,7)9-8-13(4,5)10/h8-9H2,1-7H3. The summed E-state index contributed by atoms with van der Waals surface area (Å²) < 4.78 is 6.26. The summed E-state index contributed by atoms with van der Waals surface area (Å²) in [6, 6.07) is 2.41. The Hall–Kier alpha value is 0.901. The van der Waals surface area contributed by atoms with Crippen LogP contribution in [0.15, 0.2) is 0 Å². The van der Waals surface area contributed by atoms with E-state index in [1.165, 1.54) is 12.1 Å². The zero-order chi connectivity index (χ0) is 11.6. The van der Waals surface area contributed by atoms with Crippen molar-refractivity contribution in [1.82, 2.24) is 0 Å². The van der Waals surface area contributed by atoms with Crippen molar-refractivity contribution in [2.24, 2.45) is 0 Å². The van der Waals surface area contributed by atoms with Crippen molar-refractivity contribution in [3.63, 3.8) is 0 Å². The van der Waals surface area contributed by atoms with Gasteiger partial charge in [0.15, 0.2) is 16.6 Å². The van der Waals surface area contributed by atoms with Crippen LogP contribution in [0.2, 0.25) is 57.9 Å². The molecule has 0 spiro atoms. The summed E-state index contributed by atoms with van der Waals surface area (Å²) in [5.41, 5.74) is 0. The van der Waals surface area contributed by atoms with Crippen LogP contribution in [0.25, 0.3) is 0 Å². The molecule has 0 aliphatic heterocycles. The van der Waals surface area contributed by atoms with E-state index in [2.05, 4.69) is 45.8 Å². The van der Waals surface area contributed by atoms with E-state index < -0.39 is 24.0 Å². The molecule has 0 aromatic rings. The first-order valence-electron chi connectivity index (χ1n) is 5.30. The van der Waals surface area contributed by atoms with Crippen LogP contribution in [0, 0.1) is 0 Å². The van der Waals surface area contributed by atoms with Gasteiger partial charge in [0.05, 0.1) is 0 Å². The second-order valence-corrected chi connectivity index (χ2v) is 22.3. The lowest BCUT2D eigenvalue weighted by molar-refractivity contribution is 0.550. The van der Waals surface area contributed by atoms with Crippen molar-refractivity contribution in [3.8, 4) is 0 Å². The summed E-state index contributed by atoms with van der Waals surface area (Å²) in [6.45, 7) is 15.9. The maximum absolute atomic E-state index is 6.33. The highest BCUT2D eigenvalue weighted by Crippen LogP contribution is 2.25. The number of hydrogen-bond donors (Lipinski definition) is 0. The van der Waals surface area contributed by atoms with Crippen LogP contribution < -0.4 is 0 Å². The van der Waals surface area contributed by atoms with Crippen molar-refractivity contribution in [2.75, 3.05) is 0 Å².